The molecule has 0 aliphatic carbocycles. The van der Waals surface area contributed by atoms with Crippen molar-refractivity contribution in [3.8, 4) is 5.75 Å². The smallest absolute Gasteiger partial charge is 0.119 e. The van der Waals surface area contributed by atoms with Crippen LogP contribution in [0.3, 0.4) is 0 Å². The van der Waals surface area contributed by atoms with E-state index in [9.17, 15) is 0 Å². The van der Waals surface area contributed by atoms with E-state index in [1.165, 1.54) is 21.9 Å². The van der Waals surface area contributed by atoms with E-state index in [1.54, 1.807) is 18.4 Å². The quantitative estimate of drug-likeness (QED) is 0.558. The Hall–Kier alpha value is -1.88. The Kier molecular flexibility index (Phi) is 4.20. The van der Waals surface area contributed by atoms with Crippen LogP contribution >= 0.6 is 11.3 Å². The van der Waals surface area contributed by atoms with Gasteiger partial charge in [-0.15, -0.1) is 0 Å². The van der Waals surface area contributed by atoms with E-state index in [0.29, 0.717) is 0 Å². The molecule has 0 fully saturated rings. The molecule has 0 radical (unpaired) electrons. The van der Waals surface area contributed by atoms with Gasteiger partial charge < -0.3 is 4.74 Å². The number of thiophene rings is 1. The van der Waals surface area contributed by atoms with Gasteiger partial charge in [0.15, 0.2) is 0 Å². The molecule has 0 aliphatic heterocycles. The van der Waals surface area contributed by atoms with E-state index in [-0.39, 0.29) is 6.04 Å². The summed E-state index contributed by atoms with van der Waals surface area (Å²) in [5.41, 5.74) is 5.41. The minimum atomic E-state index is 0.119. The third-order valence-electron chi connectivity index (χ3n) is 3.75. The first-order valence-corrected chi connectivity index (χ1v) is 7.80. The maximum atomic E-state index is 5.74. The average Bonchev–Trinajstić information content (AvgIpc) is 3.06. The predicted molar refractivity (Wildman–Crippen MR) is 88.6 cm³/mol. The number of nitrogens with two attached hydrogens (primary N) is 1. The molecule has 0 aliphatic rings. The maximum absolute atomic E-state index is 5.74. The summed E-state index contributed by atoms with van der Waals surface area (Å²) in [4.78, 5) is 0. The zero-order valence-corrected chi connectivity index (χ0v) is 12.7. The van der Waals surface area contributed by atoms with Crippen LogP contribution in [0.25, 0.3) is 10.8 Å². The molecule has 3 rings (SSSR count). The fraction of sp³-hybridized carbons (Fsp3) is 0.176. The van der Waals surface area contributed by atoms with Crippen LogP contribution in [0, 0.1) is 0 Å². The van der Waals surface area contributed by atoms with Crippen molar-refractivity contribution >= 4 is 22.1 Å². The second-order valence-corrected chi connectivity index (χ2v) is 5.76. The van der Waals surface area contributed by atoms with Crippen molar-refractivity contribution in [2.24, 2.45) is 5.84 Å². The summed E-state index contributed by atoms with van der Waals surface area (Å²) < 4.78 is 5.34. The Morgan fingerprint density at radius 2 is 2.14 bits per heavy atom. The van der Waals surface area contributed by atoms with E-state index >= 15 is 0 Å². The number of rotatable bonds is 5. The van der Waals surface area contributed by atoms with Gasteiger partial charge in [-0.3, -0.25) is 11.3 Å². The molecule has 2 aromatic carbocycles. The molecule has 3 aromatic rings. The molecule has 3 N–H and O–H groups in total. The molecule has 4 heteroatoms. The highest BCUT2D eigenvalue weighted by atomic mass is 32.1. The zero-order valence-electron chi connectivity index (χ0n) is 11.9. The van der Waals surface area contributed by atoms with Gasteiger partial charge in [0.05, 0.1) is 13.2 Å². The number of nitrogens with one attached hydrogen (secondary N) is 1. The molecule has 1 heterocycles. The minimum absolute atomic E-state index is 0.119. The van der Waals surface area contributed by atoms with Crippen LogP contribution in [-0.4, -0.2) is 7.11 Å². The van der Waals surface area contributed by atoms with Crippen molar-refractivity contribution in [2.75, 3.05) is 7.11 Å². The molecular weight excluding hydrogens is 280 g/mol. The highest BCUT2D eigenvalue weighted by Crippen LogP contribution is 2.28. The van der Waals surface area contributed by atoms with Crippen LogP contribution in [0.15, 0.2) is 53.2 Å². The lowest BCUT2D eigenvalue weighted by Gasteiger charge is -2.16. The highest BCUT2D eigenvalue weighted by Gasteiger charge is 2.13. The lowest BCUT2D eigenvalue weighted by atomic mass is 9.96. The van der Waals surface area contributed by atoms with Crippen molar-refractivity contribution in [3.63, 3.8) is 0 Å². The van der Waals surface area contributed by atoms with Gasteiger partial charge in [-0.1, -0.05) is 24.3 Å². The summed E-state index contributed by atoms with van der Waals surface area (Å²) in [5, 5.41) is 6.64. The molecule has 21 heavy (non-hydrogen) atoms. The second kappa shape index (κ2) is 6.26. The van der Waals surface area contributed by atoms with Gasteiger partial charge in [-0.2, -0.15) is 11.3 Å². The summed E-state index contributed by atoms with van der Waals surface area (Å²) in [5.74, 6) is 6.62. The number of ether oxygens (including phenoxy) is 1. The van der Waals surface area contributed by atoms with Gasteiger partial charge in [0, 0.05) is 0 Å². The molecule has 0 spiro atoms. The normalized spacial score (nSPS) is 12.5. The van der Waals surface area contributed by atoms with E-state index in [2.05, 4.69) is 52.6 Å². The maximum Gasteiger partial charge on any atom is 0.119 e. The third-order valence-corrected chi connectivity index (χ3v) is 4.45. The first-order chi connectivity index (χ1) is 10.3. The van der Waals surface area contributed by atoms with E-state index in [0.717, 1.165) is 12.2 Å². The molecule has 0 amide bonds. The SMILES string of the molecule is COc1ccc2cccc(CC(NN)c3ccsc3)c2c1. The van der Waals surface area contributed by atoms with Gasteiger partial charge >= 0.3 is 0 Å². The topological polar surface area (TPSA) is 47.3 Å². The first kappa shape index (κ1) is 14.1. The fourth-order valence-corrected chi connectivity index (χ4v) is 3.30. The van der Waals surface area contributed by atoms with E-state index in [1.807, 2.05) is 6.07 Å². The Balaban J connectivity index is 1.99. The van der Waals surface area contributed by atoms with Crippen molar-refractivity contribution in [1.29, 1.82) is 0 Å². The largest absolute Gasteiger partial charge is 0.497 e. The van der Waals surface area contributed by atoms with Gasteiger partial charge in [0.1, 0.15) is 5.75 Å². The molecule has 0 saturated carbocycles. The van der Waals surface area contributed by atoms with E-state index < -0.39 is 0 Å². The Labute approximate surface area is 128 Å². The zero-order chi connectivity index (χ0) is 14.7. The number of benzene rings is 2. The minimum Gasteiger partial charge on any atom is -0.497 e. The summed E-state index contributed by atoms with van der Waals surface area (Å²) in [6.45, 7) is 0. The molecule has 1 aromatic heterocycles. The van der Waals surface area contributed by atoms with Crippen LogP contribution < -0.4 is 16.0 Å². The number of hydrazine groups is 1. The molecule has 108 valence electrons. The van der Waals surface area contributed by atoms with Gasteiger partial charge in [0.2, 0.25) is 0 Å². The van der Waals surface area contributed by atoms with Gasteiger partial charge in [-0.25, -0.2) is 0 Å². The third kappa shape index (κ3) is 2.93. The summed E-state index contributed by atoms with van der Waals surface area (Å²) >= 11 is 1.69. The number of hydrogen-bond acceptors (Lipinski definition) is 4. The molecular formula is C17H18N2OS. The summed E-state index contributed by atoms with van der Waals surface area (Å²) in [6, 6.07) is 14.8. The van der Waals surface area contributed by atoms with Crippen LogP contribution in [0.2, 0.25) is 0 Å². The number of methoxy groups -OCH3 is 1. The Morgan fingerprint density at radius 1 is 1.24 bits per heavy atom. The Morgan fingerprint density at radius 3 is 2.86 bits per heavy atom. The first-order valence-electron chi connectivity index (χ1n) is 6.85. The molecule has 0 bridgehead atoms. The lowest BCUT2D eigenvalue weighted by molar-refractivity contribution is 0.415. The lowest BCUT2D eigenvalue weighted by Crippen LogP contribution is -2.29. The van der Waals surface area contributed by atoms with Crippen LogP contribution in [-0.2, 0) is 6.42 Å². The standard InChI is InChI=1S/C17H18N2OS/c1-20-15-6-5-12-3-2-4-13(16(12)10-15)9-17(19-18)14-7-8-21-11-14/h2-8,10-11,17,19H,9,18H2,1H3. The highest BCUT2D eigenvalue weighted by molar-refractivity contribution is 7.07. The van der Waals surface area contributed by atoms with Crippen molar-refractivity contribution in [3.05, 3.63) is 64.4 Å². The molecule has 3 nitrogen and oxygen atoms in total. The second-order valence-electron chi connectivity index (χ2n) is 4.98. The Bertz CT molecular complexity index is 725. The van der Waals surface area contributed by atoms with Gasteiger partial charge in [-0.05, 0) is 57.3 Å². The van der Waals surface area contributed by atoms with Crippen molar-refractivity contribution < 1.29 is 4.74 Å². The molecule has 1 atom stereocenters. The van der Waals surface area contributed by atoms with Crippen LogP contribution in [0.4, 0.5) is 0 Å². The van der Waals surface area contributed by atoms with Crippen molar-refractivity contribution in [1.82, 2.24) is 5.43 Å². The fourth-order valence-electron chi connectivity index (χ4n) is 2.59. The van der Waals surface area contributed by atoms with E-state index in [4.69, 9.17) is 10.6 Å². The number of fused-ring (bicyclic) bond motifs is 1. The molecule has 0 saturated heterocycles. The number of hydrogen-bond donors (Lipinski definition) is 2. The van der Waals surface area contributed by atoms with Crippen LogP contribution in [0.1, 0.15) is 17.2 Å². The average molecular weight is 298 g/mol. The van der Waals surface area contributed by atoms with Crippen LogP contribution in [0.5, 0.6) is 5.75 Å². The molecule has 1 unspecified atom stereocenters. The summed E-state index contributed by atoms with van der Waals surface area (Å²) in [7, 11) is 1.69. The van der Waals surface area contributed by atoms with Crippen molar-refractivity contribution in [2.45, 2.75) is 12.5 Å². The monoisotopic (exact) mass is 298 g/mol. The summed E-state index contributed by atoms with van der Waals surface area (Å²) in [6.07, 6.45) is 0.845. The van der Waals surface area contributed by atoms with Gasteiger partial charge in [0.25, 0.3) is 0 Å². The predicted octanol–water partition coefficient (Wildman–Crippen LogP) is 3.66.